The van der Waals surface area contributed by atoms with Gasteiger partial charge in [-0.05, 0) is 48.1 Å². The first-order chi connectivity index (χ1) is 14.6. The Balaban J connectivity index is 1.46. The lowest BCUT2D eigenvalue weighted by atomic mass is 9.90. The van der Waals surface area contributed by atoms with Crippen LogP contribution in [0.4, 0.5) is 0 Å². The zero-order valence-electron chi connectivity index (χ0n) is 16.8. The highest BCUT2D eigenvalue weighted by Crippen LogP contribution is 2.35. The van der Waals surface area contributed by atoms with Crippen LogP contribution in [0.3, 0.4) is 0 Å². The molecule has 1 aromatic heterocycles. The fourth-order valence-corrected chi connectivity index (χ4v) is 4.16. The molecule has 0 bridgehead atoms. The number of aromatic nitrogens is 1. The monoisotopic (exact) mass is 404 g/mol. The van der Waals surface area contributed by atoms with Crippen molar-refractivity contribution in [1.29, 1.82) is 0 Å². The van der Waals surface area contributed by atoms with Crippen LogP contribution in [0.1, 0.15) is 46.1 Å². The maximum atomic E-state index is 12.3. The summed E-state index contributed by atoms with van der Waals surface area (Å²) in [5, 5.41) is 4.53. The minimum absolute atomic E-state index is 0.207. The first kappa shape index (κ1) is 18.9. The lowest BCUT2D eigenvalue weighted by Crippen LogP contribution is -2.45. The quantitative estimate of drug-likeness (QED) is 0.636. The normalized spacial score (nSPS) is 20.6. The molecular formula is C24H24N2O4. The molecule has 1 saturated carbocycles. The summed E-state index contributed by atoms with van der Waals surface area (Å²) < 4.78 is 10.4. The Morgan fingerprint density at radius 3 is 2.57 bits per heavy atom. The van der Waals surface area contributed by atoms with Crippen LogP contribution in [0, 0.1) is 5.92 Å². The van der Waals surface area contributed by atoms with Crippen molar-refractivity contribution in [3.05, 3.63) is 70.9 Å². The minimum atomic E-state index is -0.435. The van der Waals surface area contributed by atoms with Gasteiger partial charge in [0.25, 0.3) is 0 Å². The zero-order valence-corrected chi connectivity index (χ0v) is 16.8. The van der Waals surface area contributed by atoms with Gasteiger partial charge in [-0.15, -0.1) is 0 Å². The van der Waals surface area contributed by atoms with E-state index in [0.29, 0.717) is 24.5 Å². The Kier molecular flexibility index (Phi) is 4.79. The first-order valence-electron chi connectivity index (χ1n) is 10.3. The number of carbonyl (C=O) groups is 2. The molecule has 2 atom stereocenters. The summed E-state index contributed by atoms with van der Waals surface area (Å²) in [5.74, 6) is -0.0321. The van der Waals surface area contributed by atoms with E-state index in [1.54, 1.807) is 12.1 Å². The number of carbonyl (C=O) groups excluding carboxylic acids is 2. The number of fused-ring (bicyclic) bond motifs is 3. The highest BCUT2D eigenvalue weighted by molar-refractivity contribution is 5.90. The van der Waals surface area contributed by atoms with E-state index in [1.807, 2.05) is 30.3 Å². The number of hydrogen-bond acceptors (Lipinski definition) is 5. The Morgan fingerprint density at radius 1 is 1.07 bits per heavy atom. The van der Waals surface area contributed by atoms with Crippen molar-refractivity contribution in [2.75, 3.05) is 13.7 Å². The van der Waals surface area contributed by atoms with Gasteiger partial charge in [-0.25, -0.2) is 4.79 Å². The molecule has 30 heavy (non-hydrogen) atoms. The average Bonchev–Trinajstić information content (AvgIpc) is 3.55. The number of esters is 2. The third kappa shape index (κ3) is 3.48. The van der Waals surface area contributed by atoms with Crippen molar-refractivity contribution in [1.82, 2.24) is 10.3 Å². The second-order valence-electron chi connectivity index (χ2n) is 8.11. The first-order valence-corrected chi connectivity index (χ1v) is 10.3. The summed E-state index contributed by atoms with van der Waals surface area (Å²) in [7, 11) is 1.41. The molecule has 0 unspecified atom stereocenters. The predicted molar refractivity (Wildman–Crippen MR) is 112 cm³/mol. The fourth-order valence-electron chi connectivity index (χ4n) is 4.16. The molecule has 1 fully saturated rings. The summed E-state index contributed by atoms with van der Waals surface area (Å²) in [6.45, 7) is 0.504. The molecule has 3 aromatic rings. The number of hydrogen-bond donors (Lipinski definition) is 2. The van der Waals surface area contributed by atoms with E-state index in [2.05, 4.69) is 16.4 Å². The van der Waals surface area contributed by atoms with Crippen LogP contribution in [0.5, 0.6) is 0 Å². The minimum Gasteiger partial charge on any atom is -0.468 e. The molecule has 0 saturated heterocycles. The molecule has 0 spiro atoms. The van der Waals surface area contributed by atoms with Crippen LogP contribution < -0.4 is 5.32 Å². The van der Waals surface area contributed by atoms with E-state index in [0.717, 1.165) is 40.6 Å². The predicted octanol–water partition coefficient (Wildman–Crippen LogP) is 3.51. The van der Waals surface area contributed by atoms with Crippen LogP contribution >= 0.6 is 0 Å². The van der Waals surface area contributed by atoms with Gasteiger partial charge in [0.05, 0.1) is 25.3 Å². The lowest BCUT2D eigenvalue weighted by molar-refractivity contribution is -0.143. The standard InChI is InChI=1S/C24H24N2O4/c1-29-24(28)20-12-18-17-4-2-3-5-19(17)25-22(18)21(26-20)15-8-10-16(11-9-15)23(27)30-13-14-6-7-14/h2-5,8-11,14,20-21,25-26H,6-7,12-13H2,1H3/t20-,21+/m1/s1. The van der Waals surface area contributed by atoms with Crippen molar-refractivity contribution in [3.63, 3.8) is 0 Å². The molecule has 6 nitrogen and oxygen atoms in total. The lowest BCUT2D eigenvalue weighted by Gasteiger charge is -2.30. The van der Waals surface area contributed by atoms with Gasteiger partial charge in [0.15, 0.2) is 0 Å². The number of para-hydroxylation sites is 1. The number of methoxy groups -OCH3 is 1. The van der Waals surface area contributed by atoms with Crippen LogP contribution in [-0.4, -0.2) is 36.7 Å². The van der Waals surface area contributed by atoms with E-state index >= 15 is 0 Å². The Bertz CT molecular complexity index is 1100. The van der Waals surface area contributed by atoms with E-state index in [1.165, 1.54) is 7.11 Å². The fraction of sp³-hybridized carbons (Fsp3) is 0.333. The maximum Gasteiger partial charge on any atom is 0.338 e. The van der Waals surface area contributed by atoms with E-state index in [4.69, 9.17) is 9.47 Å². The molecule has 6 heteroatoms. The average molecular weight is 404 g/mol. The number of rotatable bonds is 5. The van der Waals surface area contributed by atoms with E-state index < -0.39 is 6.04 Å². The summed E-state index contributed by atoms with van der Waals surface area (Å²) in [5.41, 5.74) is 4.71. The van der Waals surface area contributed by atoms with Crippen LogP contribution in [-0.2, 0) is 20.7 Å². The van der Waals surface area contributed by atoms with Crippen molar-refractivity contribution >= 4 is 22.8 Å². The molecule has 2 aromatic carbocycles. The van der Waals surface area contributed by atoms with Gasteiger partial charge in [0.1, 0.15) is 6.04 Å². The maximum absolute atomic E-state index is 12.3. The molecule has 1 aliphatic heterocycles. The summed E-state index contributed by atoms with van der Waals surface area (Å²) >= 11 is 0. The number of nitrogens with one attached hydrogen (secondary N) is 2. The van der Waals surface area contributed by atoms with E-state index in [-0.39, 0.29) is 18.0 Å². The largest absolute Gasteiger partial charge is 0.468 e. The van der Waals surface area contributed by atoms with Gasteiger partial charge >= 0.3 is 11.9 Å². The van der Waals surface area contributed by atoms with Gasteiger partial charge < -0.3 is 14.5 Å². The molecule has 1 aliphatic carbocycles. The SMILES string of the molecule is COC(=O)[C@H]1Cc2c([nH]c3ccccc23)[C@H](c2ccc(C(=O)OCC3CC3)cc2)N1. The molecule has 0 amide bonds. The molecule has 5 rings (SSSR count). The van der Waals surface area contributed by atoms with Crippen molar-refractivity contribution < 1.29 is 19.1 Å². The molecule has 2 heterocycles. The van der Waals surface area contributed by atoms with Crippen molar-refractivity contribution in [3.8, 4) is 0 Å². The Morgan fingerprint density at radius 2 is 1.83 bits per heavy atom. The van der Waals surface area contributed by atoms with Crippen LogP contribution in [0.15, 0.2) is 48.5 Å². The molecule has 154 valence electrons. The second-order valence-corrected chi connectivity index (χ2v) is 8.11. The van der Waals surface area contributed by atoms with Gasteiger partial charge in [-0.3, -0.25) is 10.1 Å². The summed E-state index contributed by atoms with van der Waals surface area (Å²) in [6.07, 6.45) is 2.86. The van der Waals surface area contributed by atoms with Crippen molar-refractivity contribution in [2.24, 2.45) is 5.92 Å². The Labute approximate surface area is 174 Å². The second kappa shape index (κ2) is 7.61. The summed E-state index contributed by atoms with van der Waals surface area (Å²) in [4.78, 5) is 28.1. The zero-order chi connectivity index (χ0) is 20.7. The number of benzene rings is 2. The van der Waals surface area contributed by atoms with Crippen LogP contribution in [0.25, 0.3) is 10.9 Å². The smallest absolute Gasteiger partial charge is 0.338 e. The highest BCUT2D eigenvalue weighted by atomic mass is 16.5. The van der Waals surface area contributed by atoms with Gasteiger partial charge in [-0.2, -0.15) is 0 Å². The molecule has 0 radical (unpaired) electrons. The van der Waals surface area contributed by atoms with Gasteiger partial charge in [0.2, 0.25) is 0 Å². The third-order valence-corrected chi connectivity index (χ3v) is 6.02. The molecular weight excluding hydrogens is 380 g/mol. The summed E-state index contributed by atoms with van der Waals surface area (Å²) in [6, 6.07) is 14.9. The molecule has 2 aliphatic rings. The number of H-pyrrole nitrogens is 1. The molecule has 2 N–H and O–H groups in total. The Hall–Kier alpha value is -3.12. The van der Waals surface area contributed by atoms with Gasteiger partial charge in [0, 0.05) is 23.0 Å². The van der Waals surface area contributed by atoms with E-state index in [9.17, 15) is 9.59 Å². The topological polar surface area (TPSA) is 80.4 Å². The highest BCUT2D eigenvalue weighted by Gasteiger charge is 2.34. The number of aromatic amines is 1. The van der Waals surface area contributed by atoms with Crippen molar-refractivity contribution in [2.45, 2.75) is 31.3 Å². The van der Waals surface area contributed by atoms with Gasteiger partial charge in [-0.1, -0.05) is 30.3 Å². The third-order valence-electron chi connectivity index (χ3n) is 6.02. The van der Waals surface area contributed by atoms with Crippen LogP contribution in [0.2, 0.25) is 0 Å². The number of ether oxygens (including phenoxy) is 2.